The molecule has 3 nitrogen and oxygen atoms in total. The quantitative estimate of drug-likeness (QED) is 0.595. The van der Waals surface area contributed by atoms with Crippen molar-refractivity contribution >= 4 is 23.2 Å². The maximum Gasteiger partial charge on any atom is 0.233 e. The van der Waals surface area contributed by atoms with Gasteiger partial charge in [0, 0.05) is 12.1 Å². The molecule has 0 radical (unpaired) electrons. The lowest BCUT2D eigenvalue weighted by atomic mass is 10.0. The summed E-state index contributed by atoms with van der Waals surface area (Å²) in [6.45, 7) is 8.52. The fraction of sp³-hybridized carbons (Fsp3) is 0.778. The highest BCUT2D eigenvalue weighted by Gasteiger charge is 2.36. The van der Waals surface area contributed by atoms with Gasteiger partial charge in [-0.3, -0.25) is 9.69 Å². The molecule has 0 aromatic carbocycles. The van der Waals surface area contributed by atoms with Crippen LogP contribution < -0.4 is 5.32 Å². The molecule has 0 unspecified atom stereocenters. The van der Waals surface area contributed by atoms with Gasteiger partial charge in [0.15, 0.2) is 5.11 Å². The van der Waals surface area contributed by atoms with Crippen LogP contribution in [-0.4, -0.2) is 28.0 Å². The Labute approximate surface area is 84.5 Å². The predicted octanol–water partition coefficient (Wildman–Crippen LogP) is 1.14. The lowest BCUT2D eigenvalue weighted by Gasteiger charge is -2.41. The number of amides is 1. The minimum atomic E-state index is -0.226. The van der Waals surface area contributed by atoms with Gasteiger partial charge in [0.25, 0.3) is 0 Å². The number of nitrogens with one attached hydrogen (secondary N) is 1. The van der Waals surface area contributed by atoms with Crippen LogP contribution >= 0.6 is 12.2 Å². The lowest BCUT2D eigenvalue weighted by molar-refractivity contribution is -0.135. The molecule has 1 saturated heterocycles. The van der Waals surface area contributed by atoms with Gasteiger partial charge in [-0.1, -0.05) is 6.92 Å². The second-order valence-corrected chi connectivity index (χ2v) is 4.82. The largest absolute Gasteiger partial charge is 0.361 e. The first-order valence-corrected chi connectivity index (χ1v) is 4.87. The van der Waals surface area contributed by atoms with Crippen LogP contribution in [0.4, 0.5) is 0 Å². The first kappa shape index (κ1) is 10.4. The molecule has 1 aliphatic rings. The Morgan fingerprint density at radius 2 is 2.08 bits per heavy atom. The van der Waals surface area contributed by atoms with Gasteiger partial charge >= 0.3 is 0 Å². The summed E-state index contributed by atoms with van der Waals surface area (Å²) in [5, 5.41) is 3.61. The number of carbonyl (C=O) groups excluding carboxylic acids is 1. The fourth-order valence-electron chi connectivity index (χ4n) is 1.36. The number of thiocarbonyl (C=S) groups is 1. The van der Waals surface area contributed by atoms with Gasteiger partial charge < -0.3 is 5.32 Å². The van der Waals surface area contributed by atoms with Crippen LogP contribution in [0.2, 0.25) is 0 Å². The molecule has 0 aromatic rings. The topological polar surface area (TPSA) is 32.3 Å². The van der Waals surface area contributed by atoms with Crippen molar-refractivity contribution < 1.29 is 4.79 Å². The Morgan fingerprint density at radius 1 is 1.54 bits per heavy atom. The van der Waals surface area contributed by atoms with E-state index in [9.17, 15) is 4.79 Å². The molecule has 1 atom stereocenters. The first-order valence-electron chi connectivity index (χ1n) is 4.46. The van der Waals surface area contributed by atoms with Gasteiger partial charge in [-0.25, -0.2) is 0 Å². The lowest BCUT2D eigenvalue weighted by Crippen LogP contribution is -2.60. The zero-order chi connectivity index (χ0) is 10.2. The Bertz CT molecular complexity index is 244. The number of hydrogen-bond donors (Lipinski definition) is 1. The summed E-state index contributed by atoms with van der Waals surface area (Å²) in [6, 6.07) is 0. The smallest absolute Gasteiger partial charge is 0.233 e. The van der Waals surface area contributed by atoms with E-state index in [2.05, 4.69) is 5.32 Å². The predicted molar refractivity (Wildman–Crippen MR) is 56.4 cm³/mol. The minimum absolute atomic E-state index is 0.0194. The third-order valence-electron chi connectivity index (χ3n) is 2.08. The molecular formula is C9H16N2OS. The van der Waals surface area contributed by atoms with Gasteiger partial charge in [-0.05, 0) is 33.0 Å². The fourth-order valence-corrected chi connectivity index (χ4v) is 1.81. The van der Waals surface area contributed by atoms with E-state index in [4.69, 9.17) is 12.2 Å². The standard InChI is InChI=1S/C9H16N2OS/c1-6-5-10-8(13)11(7(6)12)9(2,3)4/h6H,5H2,1-4H3,(H,10,13)/t6-/m0/s1. The Kier molecular flexibility index (Phi) is 2.61. The van der Waals surface area contributed by atoms with Crippen LogP contribution in [0, 0.1) is 5.92 Å². The van der Waals surface area contributed by atoms with Crippen molar-refractivity contribution in [1.82, 2.24) is 10.2 Å². The SMILES string of the molecule is C[C@H]1CNC(=S)N(C(C)(C)C)C1=O. The van der Waals surface area contributed by atoms with E-state index in [0.717, 1.165) is 0 Å². The molecule has 0 bridgehead atoms. The number of hydrogen-bond acceptors (Lipinski definition) is 2. The third kappa shape index (κ3) is 1.99. The molecular weight excluding hydrogens is 184 g/mol. The van der Waals surface area contributed by atoms with E-state index in [1.807, 2.05) is 27.7 Å². The van der Waals surface area contributed by atoms with Crippen molar-refractivity contribution in [1.29, 1.82) is 0 Å². The van der Waals surface area contributed by atoms with E-state index in [1.54, 1.807) is 4.90 Å². The maximum atomic E-state index is 11.8. The molecule has 74 valence electrons. The van der Waals surface area contributed by atoms with Gasteiger partial charge in [0.1, 0.15) is 0 Å². The minimum Gasteiger partial charge on any atom is -0.361 e. The number of nitrogens with zero attached hydrogens (tertiary/aromatic N) is 1. The molecule has 1 N–H and O–H groups in total. The molecule has 0 spiro atoms. The molecule has 1 heterocycles. The second-order valence-electron chi connectivity index (χ2n) is 4.43. The monoisotopic (exact) mass is 200 g/mol. The van der Waals surface area contributed by atoms with Crippen molar-refractivity contribution in [2.24, 2.45) is 5.92 Å². The summed E-state index contributed by atoms with van der Waals surface area (Å²) < 4.78 is 0. The average Bonchev–Trinajstić information content (AvgIpc) is 1.95. The molecule has 13 heavy (non-hydrogen) atoms. The summed E-state index contributed by atoms with van der Waals surface area (Å²) in [4.78, 5) is 13.4. The molecule has 1 aliphatic heterocycles. The highest BCUT2D eigenvalue weighted by atomic mass is 32.1. The van der Waals surface area contributed by atoms with Crippen LogP contribution in [0.3, 0.4) is 0 Å². The molecule has 1 rings (SSSR count). The van der Waals surface area contributed by atoms with Crippen molar-refractivity contribution in [3.8, 4) is 0 Å². The van der Waals surface area contributed by atoms with Gasteiger partial charge in [0.05, 0.1) is 5.92 Å². The zero-order valence-corrected chi connectivity index (χ0v) is 9.36. The molecule has 0 aliphatic carbocycles. The molecule has 0 saturated carbocycles. The van der Waals surface area contributed by atoms with E-state index >= 15 is 0 Å². The van der Waals surface area contributed by atoms with Crippen molar-refractivity contribution in [3.05, 3.63) is 0 Å². The average molecular weight is 200 g/mol. The van der Waals surface area contributed by atoms with Crippen LogP contribution in [-0.2, 0) is 4.79 Å². The molecule has 1 fully saturated rings. The highest BCUT2D eigenvalue weighted by molar-refractivity contribution is 7.80. The van der Waals surface area contributed by atoms with E-state index in [0.29, 0.717) is 11.7 Å². The summed E-state index contributed by atoms with van der Waals surface area (Å²) in [7, 11) is 0. The Morgan fingerprint density at radius 3 is 2.46 bits per heavy atom. The summed E-state index contributed by atoms with van der Waals surface area (Å²) in [5.74, 6) is 0.141. The first-order chi connectivity index (χ1) is 5.84. The van der Waals surface area contributed by atoms with Crippen LogP contribution in [0.25, 0.3) is 0 Å². The van der Waals surface area contributed by atoms with Gasteiger partial charge in [-0.15, -0.1) is 0 Å². The van der Waals surface area contributed by atoms with Crippen molar-refractivity contribution in [3.63, 3.8) is 0 Å². The van der Waals surface area contributed by atoms with E-state index in [1.165, 1.54) is 0 Å². The molecule has 4 heteroatoms. The Hall–Kier alpha value is -0.640. The maximum absolute atomic E-state index is 11.8. The van der Waals surface area contributed by atoms with E-state index < -0.39 is 0 Å². The van der Waals surface area contributed by atoms with E-state index in [-0.39, 0.29) is 17.4 Å². The summed E-state index contributed by atoms with van der Waals surface area (Å²) in [6.07, 6.45) is 0. The second kappa shape index (κ2) is 3.25. The summed E-state index contributed by atoms with van der Waals surface area (Å²) >= 11 is 5.10. The third-order valence-corrected chi connectivity index (χ3v) is 2.40. The normalized spacial score (nSPS) is 24.6. The number of carbonyl (C=O) groups is 1. The molecule has 1 amide bonds. The van der Waals surface area contributed by atoms with Crippen molar-refractivity contribution in [2.45, 2.75) is 33.2 Å². The Balaban J connectivity index is 2.91. The number of rotatable bonds is 0. The van der Waals surface area contributed by atoms with Crippen LogP contribution in [0.15, 0.2) is 0 Å². The summed E-state index contributed by atoms with van der Waals surface area (Å²) in [5.41, 5.74) is -0.226. The zero-order valence-electron chi connectivity index (χ0n) is 8.55. The van der Waals surface area contributed by atoms with Gasteiger partial charge in [0.2, 0.25) is 5.91 Å². The van der Waals surface area contributed by atoms with Crippen LogP contribution in [0.5, 0.6) is 0 Å². The van der Waals surface area contributed by atoms with Gasteiger partial charge in [-0.2, -0.15) is 0 Å². The van der Waals surface area contributed by atoms with Crippen LogP contribution in [0.1, 0.15) is 27.7 Å². The highest BCUT2D eigenvalue weighted by Crippen LogP contribution is 2.19. The van der Waals surface area contributed by atoms with Crippen molar-refractivity contribution in [2.75, 3.05) is 6.54 Å². The molecule has 0 aromatic heterocycles.